The van der Waals surface area contributed by atoms with Crippen LogP contribution in [-0.4, -0.2) is 64.2 Å². The predicted molar refractivity (Wildman–Crippen MR) is 93.5 cm³/mol. The van der Waals surface area contributed by atoms with E-state index in [1.165, 1.54) is 32.2 Å². The molecule has 2 aliphatic rings. The Hall–Kier alpha value is -1.43. The summed E-state index contributed by atoms with van der Waals surface area (Å²) in [6.45, 7) is 3.95. The summed E-state index contributed by atoms with van der Waals surface area (Å²) in [4.78, 5) is 17.2. The molecule has 6 heteroatoms. The molecule has 0 saturated carbocycles. The number of piperidine rings is 1. The van der Waals surface area contributed by atoms with Crippen LogP contribution in [0.4, 0.5) is 0 Å². The molecule has 1 fully saturated rings. The lowest BCUT2D eigenvalue weighted by atomic mass is 9.90. The lowest BCUT2D eigenvalue weighted by Gasteiger charge is -2.34. The van der Waals surface area contributed by atoms with Crippen molar-refractivity contribution < 1.29 is 4.79 Å². The maximum Gasteiger partial charge on any atom is 0.225 e. The van der Waals surface area contributed by atoms with Gasteiger partial charge in [0.15, 0.2) is 0 Å². The molecular weight excluding hydrogens is 302 g/mol. The Morgan fingerprint density at radius 3 is 2.75 bits per heavy atom. The summed E-state index contributed by atoms with van der Waals surface area (Å²) in [5.41, 5.74) is 0. The Morgan fingerprint density at radius 2 is 2.00 bits per heavy atom. The van der Waals surface area contributed by atoms with Gasteiger partial charge in [0.05, 0.1) is 0 Å². The van der Waals surface area contributed by atoms with Gasteiger partial charge >= 0.3 is 0 Å². The van der Waals surface area contributed by atoms with Crippen molar-refractivity contribution in [2.45, 2.75) is 51.5 Å². The van der Waals surface area contributed by atoms with Gasteiger partial charge in [-0.15, -0.1) is 10.2 Å². The lowest BCUT2D eigenvalue weighted by Crippen LogP contribution is -2.42. The molecule has 0 aliphatic carbocycles. The Labute approximate surface area is 145 Å². The number of carbonyl (C=O) groups is 1. The van der Waals surface area contributed by atoms with Crippen molar-refractivity contribution >= 4 is 5.91 Å². The van der Waals surface area contributed by atoms with Crippen LogP contribution in [0.25, 0.3) is 0 Å². The molecule has 1 amide bonds. The van der Waals surface area contributed by atoms with Crippen molar-refractivity contribution in [2.24, 2.45) is 11.8 Å². The quantitative estimate of drug-likeness (QED) is 0.825. The van der Waals surface area contributed by atoms with Crippen LogP contribution in [0.3, 0.4) is 0 Å². The zero-order valence-electron chi connectivity index (χ0n) is 15.2. The van der Waals surface area contributed by atoms with Crippen LogP contribution in [0.2, 0.25) is 0 Å². The van der Waals surface area contributed by atoms with Crippen LogP contribution in [0.1, 0.15) is 44.3 Å². The molecular formula is C18H31N5O. The van der Waals surface area contributed by atoms with Crippen molar-refractivity contribution in [3.63, 3.8) is 0 Å². The van der Waals surface area contributed by atoms with Gasteiger partial charge in [-0.2, -0.15) is 0 Å². The second-order valence-electron chi connectivity index (χ2n) is 7.68. The van der Waals surface area contributed by atoms with E-state index in [0.717, 1.165) is 50.6 Å². The Kier molecular flexibility index (Phi) is 5.87. The normalized spacial score (nSPS) is 22.5. The number of nitrogens with zero attached hydrogens (tertiary/aromatic N) is 5. The van der Waals surface area contributed by atoms with Crippen molar-refractivity contribution in [3.8, 4) is 0 Å². The van der Waals surface area contributed by atoms with Gasteiger partial charge in [-0.05, 0) is 65.1 Å². The van der Waals surface area contributed by atoms with E-state index in [9.17, 15) is 4.79 Å². The van der Waals surface area contributed by atoms with Gasteiger partial charge in [0, 0.05) is 32.0 Å². The number of hydrogen-bond acceptors (Lipinski definition) is 4. The standard InChI is InChI=1S/C18H31N5O/c1-21(2)10-3-4-15-7-11-22(12-8-15)18(24)16-5-6-17-20-19-14-23(17)13-9-16/h14-16H,3-13H2,1-2H3. The van der Waals surface area contributed by atoms with E-state index in [-0.39, 0.29) is 5.92 Å². The van der Waals surface area contributed by atoms with Crippen LogP contribution in [-0.2, 0) is 17.8 Å². The molecule has 2 aliphatic heterocycles. The highest BCUT2D eigenvalue weighted by molar-refractivity contribution is 5.79. The van der Waals surface area contributed by atoms with Crippen LogP contribution >= 0.6 is 0 Å². The smallest absolute Gasteiger partial charge is 0.225 e. The van der Waals surface area contributed by atoms with Gasteiger partial charge in [0.25, 0.3) is 0 Å². The maximum atomic E-state index is 12.9. The third-order valence-corrected chi connectivity index (χ3v) is 5.62. The van der Waals surface area contributed by atoms with E-state index in [4.69, 9.17) is 0 Å². The summed E-state index contributed by atoms with van der Waals surface area (Å²) < 4.78 is 2.10. The van der Waals surface area contributed by atoms with Crippen LogP contribution in [0.15, 0.2) is 6.33 Å². The van der Waals surface area contributed by atoms with Crippen LogP contribution in [0.5, 0.6) is 0 Å². The summed E-state index contributed by atoms with van der Waals surface area (Å²) in [6.07, 6.45) is 9.44. The average molecular weight is 333 g/mol. The van der Waals surface area contributed by atoms with E-state index < -0.39 is 0 Å². The second-order valence-corrected chi connectivity index (χ2v) is 7.68. The topological polar surface area (TPSA) is 54.3 Å². The van der Waals surface area contributed by atoms with E-state index in [0.29, 0.717) is 5.91 Å². The zero-order chi connectivity index (χ0) is 16.9. The number of rotatable bonds is 5. The molecule has 1 aromatic heterocycles. The SMILES string of the molecule is CN(C)CCCC1CCN(C(=O)C2CCc3nncn3CC2)CC1. The minimum atomic E-state index is 0.164. The van der Waals surface area contributed by atoms with Gasteiger partial charge in [-0.3, -0.25) is 4.79 Å². The second kappa shape index (κ2) is 8.10. The summed E-state index contributed by atoms with van der Waals surface area (Å²) in [5.74, 6) is 2.38. The monoisotopic (exact) mass is 333 g/mol. The van der Waals surface area contributed by atoms with Gasteiger partial charge in [0.2, 0.25) is 5.91 Å². The summed E-state index contributed by atoms with van der Waals surface area (Å²) >= 11 is 0. The fraction of sp³-hybridized carbons (Fsp3) is 0.833. The van der Waals surface area contributed by atoms with E-state index in [1.807, 2.05) is 0 Å². The van der Waals surface area contributed by atoms with E-state index >= 15 is 0 Å². The van der Waals surface area contributed by atoms with Gasteiger partial charge in [0.1, 0.15) is 12.2 Å². The lowest BCUT2D eigenvalue weighted by molar-refractivity contribution is -0.137. The minimum Gasteiger partial charge on any atom is -0.342 e. The third kappa shape index (κ3) is 4.35. The molecule has 1 atom stereocenters. The Morgan fingerprint density at radius 1 is 1.21 bits per heavy atom. The number of carbonyl (C=O) groups excluding carboxylic acids is 1. The van der Waals surface area contributed by atoms with Gasteiger partial charge < -0.3 is 14.4 Å². The van der Waals surface area contributed by atoms with Gasteiger partial charge in [-0.1, -0.05) is 0 Å². The van der Waals surface area contributed by atoms with Crippen molar-refractivity contribution in [1.82, 2.24) is 24.6 Å². The molecule has 0 radical (unpaired) electrons. The largest absolute Gasteiger partial charge is 0.342 e. The number of hydrogen-bond donors (Lipinski definition) is 0. The van der Waals surface area contributed by atoms with Crippen LogP contribution < -0.4 is 0 Å². The van der Waals surface area contributed by atoms with Crippen molar-refractivity contribution in [3.05, 3.63) is 12.2 Å². The van der Waals surface area contributed by atoms with Crippen LogP contribution in [0, 0.1) is 11.8 Å². The zero-order valence-corrected chi connectivity index (χ0v) is 15.2. The summed E-state index contributed by atoms with van der Waals surface area (Å²) in [5, 5.41) is 8.12. The maximum absolute atomic E-state index is 12.9. The molecule has 1 unspecified atom stereocenters. The molecule has 3 heterocycles. The molecule has 0 spiro atoms. The number of amides is 1. The highest BCUT2D eigenvalue weighted by atomic mass is 16.2. The van der Waals surface area contributed by atoms with Crippen molar-refractivity contribution in [2.75, 3.05) is 33.7 Å². The molecule has 1 saturated heterocycles. The first-order valence-corrected chi connectivity index (χ1v) is 9.43. The number of likely N-dealkylation sites (tertiary alicyclic amines) is 1. The molecule has 1 aromatic rings. The predicted octanol–water partition coefficient (Wildman–Crippen LogP) is 1.81. The first-order chi connectivity index (χ1) is 11.6. The fourth-order valence-corrected chi connectivity index (χ4v) is 4.05. The molecule has 6 nitrogen and oxygen atoms in total. The highest BCUT2D eigenvalue weighted by Gasteiger charge is 2.29. The molecule has 0 aromatic carbocycles. The number of aromatic nitrogens is 3. The molecule has 3 rings (SSSR count). The number of fused-ring (bicyclic) bond motifs is 1. The summed E-state index contributed by atoms with van der Waals surface area (Å²) in [6, 6.07) is 0. The first-order valence-electron chi connectivity index (χ1n) is 9.43. The summed E-state index contributed by atoms with van der Waals surface area (Å²) in [7, 11) is 4.27. The highest BCUT2D eigenvalue weighted by Crippen LogP contribution is 2.26. The van der Waals surface area contributed by atoms with E-state index in [1.54, 1.807) is 6.33 Å². The minimum absolute atomic E-state index is 0.164. The Bertz CT molecular complexity index is 511. The molecule has 134 valence electrons. The molecule has 0 N–H and O–H groups in total. The van der Waals surface area contributed by atoms with Gasteiger partial charge in [-0.25, -0.2) is 0 Å². The average Bonchev–Trinajstić information content (AvgIpc) is 2.93. The molecule has 24 heavy (non-hydrogen) atoms. The third-order valence-electron chi connectivity index (χ3n) is 5.62. The molecule has 0 bridgehead atoms. The Balaban J connectivity index is 1.43. The number of aryl methyl sites for hydroxylation is 2. The van der Waals surface area contributed by atoms with E-state index in [2.05, 4.69) is 38.7 Å². The van der Waals surface area contributed by atoms with Crippen molar-refractivity contribution in [1.29, 1.82) is 0 Å². The first kappa shape index (κ1) is 17.4. The fourth-order valence-electron chi connectivity index (χ4n) is 4.05.